The Hall–Kier alpha value is -1.85. The smallest absolute Gasteiger partial charge is 0.220 e. The fourth-order valence-electron chi connectivity index (χ4n) is 8.67. The van der Waals surface area contributed by atoms with Crippen LogP contribution in [0.4, 0.5) is 0 Å². The van der Waals surface area contributed by atoms with Crippen molar-refractivity contribution in [1.82, 2.24) is 5.32 Å². The van der Waals surface area contributed by atoms with Gasteiger partial charge in [0.1, 0.15) is 24.4 Å². The molecule has 0 spiro atoms. The minimum Gasteiger partial charge on any atom is -0.394 e. The molecule has 9 nitrogen and oxygen atoms in total. The SMILES string of the molecule is CCCCCCCCCCC/C=C\C/C=C\CCCCCCCCCCCCCC(=O)NC(COC1OC(CO)C(O)C(O)C1O)C(O)/C=C/CC/C=C/CCCCCCCCCCCC. The number of carbonyl (C=O) groups excluding carboxylic acids is 1. The predicted molar refractivity (Wildman–Crippen MR) is 276 cm³/mol. The minimum atomic E-state index is -1.57. The van der Waals surface area contributed by atoms with Crippen molar-refractivity contribution in [2.24, 2.45) is 0 Å². The molecule has 0 aromatic heterocycles. The van der Waals surface area contributed by atoms with Crippen molar-refractivity contribution in [3.8, 4) is 0 Å². The molecule has 0 radical (unpaired) electrons. The number of rotatable bonds is 47. The molecule has 7 unspecified atom stereocenters. The highest BCUT2D eigenvalue weighted by atomic mass is 16.7. The van der Waals surface area contributed by atoms with Gasteiger partial charge in [0.2, 0.25) is 5.91 Å². The van der Waals surface area contributed by atoms with E-state index >= 15 is 0 Å². The number of aliphatic hydroxyl groups excluding tert-OH is 5. The van der Waals surface area contributed by atoms with E-state index in [0.717, 1.165) is 44.9 Å². The molecule has 1 fully saturated rings. The topological polar surface area (TPSA) is 149 Å². The lowest BCUT2D eigenvalue weighted by Gasteiger charge is -2.40. The lowest BCUT2D eigenvalue weighted by Crippen LogP contribution is -2.60. The summed E-state index contributed by atoms with van der Waals surface area (Å²) in [5.41, 5.74) is 0. The van der Waals surface area contributed by atoms with E-state index in [1.165, 1.54) is 186 Å². The quantitative estimate of drug-likeness (QED) is 0.0261. The Morgan fingerprint density at radius 1 is 0.515 bits per heavy atom. The molecular weight excluding hydrogens is 827 g/mol. The number of hydrogen-bond donors (Lipinski definition) is 6. The number of amides is 1. The van der Waals surface area contributed by atoms with Gasteiger partial charge in [-0.3, -0.25) is 4.79 Å². The van der Waals surface area contributed by atoms with Crippen molar-refractivity contribution >= 4 is 5.91 Å². The Labute approximate surface area is 405 Å². The van der Waals surface area contributed by atoms with E-state index in [1.807, 2.05) is 6.08 Å². The molecule has 1 heterocycles. The van der Waals surface area contributed by atoms with E-state index in [2.05, 4.69) is 55.6 Å². The van der Waals surface area contributed by atoms with Crippen LogP contribution in [-0.4, -0.2) is 87.5 Å². The van der Waals surface area contributed by atoms with Crippen molar-refractivity contribution in [1.29, 1.82) is 0 Å². The van der Waals surface area contributed by atoms with Gasteiger partial charge in [0, 0.05) is 6.42 Å². The Morgan fingerprint density at radius 3 is 1.36 bits per heavy atom. The second-order valence-electron chi connectivity index (χ2n) is 19.4. The summed E-state index contributed by atoms with van der Waals surface area (Å²) in [6, 6.07) is -0.823. The molecule has 1 rings (SSSR count). The third-order valence-electron chi connectivity index (χ3n) is 13.1. The van der Waals surface area contributed by atoms with Gasteiger partial charge < -0.3 is 40.3 Å². The highest BCUT2D eigenvalue weighted by Gasteiger charge is 2.44. The van der Waals surface area contributed by atoms with Crippen molar-refractivity contribution < 1.29 is 39.8 Å². The average Bonchev–Trinajstić information content (AvgIpc) is 3.32. The maximum Gasteiger partial charge on any atom is 0.220 e. The first-order valence-corrected chi connectivity index (χ1v) is 27.9. The Bertz CT molecular complexity index is 1170. The highest BCUT2D eigenvalue weighted by Crippen LogP contribution is 2.23. The summed E-state index contributed by atoms with van der Waals surface area (Å²) in [6.07, 6.45) is 54.6. The van der Waals surface area contributed by atoms with Gasteiger partial charge in [-0.05, 0) is 64.2 Å². The molecule has 0 aromatic carbocycles. The Kier molecular flexibility index (Phi) is 44.1. The molecule has 0 aromatic rings. The zero-order valence-electron chi connectivity index (χ0n) is 42.7. The van der Waals surface area contributed by atoms with Gasteiger partial charge in [-0.25, -0.2) is 0 Å². The van der Waals surface area contributed by atoms with Crippen LogP contribution in [0, 0.1) is 0 Å². The standard InChI is InChI=1S/C57H105NO8/c1-3-5-7-9-11-13-15-17-19-21-22-23-24-25-26-27-28-29-30-31-33-35-37-39-41-43-45-47-53(61)58-50(49-65-57-56(64)55(63)54(62)52(48-59)66-57)51(60)46-44-42-40-38-36-34-32-20-18-16-14-12-10-8-6-4-2/h22-23,25-26,36,38,44,46,50-52,54-57,59-60,62-64H,3-21,24,27-35,37,39-43,45,47-49H2,1-2H3,(H,58,61)/b23-22-,26-25-,38-36+,46-44+. The minimum absolute atomic E-state index is 0.188. The molecule has 386 valence electrons. The van der Waals surface area contributed by atoms with Gasteiger partial charge in [0.15, 0.2) is 6.29 Å². The lowest BCUT2D eigenvalue weighted by molar-refractivity contribution is -0.302. The van der Waals surface area contributed by atoms with E-state index in [0.29, 0.717) is 6.42 Å². The van der Waals surface area contributed by atoms with Crippen molar-refractivity contribution in [3.05, 3.63) is 48.6 Å². The van der Waals surface area contributed by atoms with E-state index < -0.39 is 49.5 Å². The van der Waals surface area contributed by atoms with Crippen LogP contribution in [0.5, 0.6) is 0 Å². The van der Waals surface area contributed by atoms with Crippen LogP contribution in [-0.2, 0) is 14.3 Å². The Balaban J connectivity index is 2.23. The van der Waals surface area contributed by atoms with Crippen LogP contribution in [0.25, 0.3) is 0 Å². The number of nitrogens with one attached hydrogen (secondary N) is 1. The number of ether oxygens (including phenoxy) is 2. The van der Waals surface area contributed by atoms with Gasteiger partial charge in [-0.2, -0.15) is 0 Å². The molecule has 1 aliphatic rings. The lowest BCUT2D eigenvalue weighted by atomic mass is 9.99. The fourth-order valence-corrected chi connectivity index (χ4v) is 8.67. The molecule has 66 heavy (non-hydrogen) atoms. The zero-order chi connectivity index (χ0) is 48.0. The van der Waals surface area contributed by atoms with Crippen molar-refractivity contribution in [2.45, 2.75) is 294 Å². The maximum absolute atomic E-state index is 13.0. The van der Waals surface area contributed by atoms with Gasteiger partial charge in [-0.1, -0.05) is 229 Å². The first-order valence-electron chi connectivity index (χ1n) is 27.9. The van der Waals surface area contributed by atoms with Crippen LogP contribution in [0.2, 0.25) is 0 Å². The summed E-state index contributed by atoms with van der Waals surface area (Å²) in [4.78, 5) is 13.0. The van der Waals surface area contributed by atoms with Crippen molar-refractivity contribution in [2.75, 3.05) is 13.2 Å². The second-order valence-corrected chi connectivity index (χ2v) is 19.4. The number of unbranched alkanes of at least 4 members (excludes halogenated alkanes) is 31. The number of carbonyl (C=O) groups is 1. The molecule has 1 amide bonds. The molecule has 6 N–H and O–H groups in total. The molecular formula is C57H105NO8. The first kappa shape index (κ1) is 62.2. The van der Waals surface area contributed by atoms with Gasteiger partial charge in [0.25, 0.3) is 0 Å². The summed E-state index contributed by atoms with van der Waals surface area (Å²) in [5, 5.41) is 54.4. The van der Waals surface area contributed by atoms with Gasteiger partial charge in [-0.15, -0.1) is 0 Å². The predicted octanol–water partition coefficient (Wildman–Crippen LogP) is 13.3. The summed E-state index contributed by atoms with van der Waals surface area (Å²) < 4.78 is 11.2. The second kappa shape index (κ2) is 46.9. The highest BCUT2D eigenvalue weighted by molar-refractivity contribution is 5.76. The third-order valence-corrected chi connectivity index (χ3v) is 13.1. The van der Waals surface area contributed by atoms with Crippen LogP contribution in [0.1, 0.15) is 251 Å². The van der Waals surface area contributed by atoms with Crippen molar-refractivity contribution in [3.63, 3.8) is 0 Å². The van der Waals surface area contributed by atoms with Gasteiger partial charge in [0.05, 0.1) is 25.4 Å². The van der Waals surface area contributed by atoms with Crippen LogP contribution in [0.3, 0.4) is 0 Å². The third kappa shape index (κ3) is 36.2. The van der Waals surface area contributed by atoms with Gasteiger partial charge >= 0.3 is 0 Å². The summed E-state index contributed by atoms with van der Waals surface area (Å²) in [6.45, 7) is 3.77. The van der Waals surface area contributed by atoms with E-state index in [-0.39, 0.29) is 12.5 Å². The maximum atomic E-state index is 13.0. The number of aliphatic hydroxyl groups is 5. The van der Waals surface area contributed by atoms with E-state index in [1.54, 1.807) is 6.08 Å². The molecule has 9 heteroatoms. The fraction of sp³-hybridized carbons (Fsp3) is 0.842. The summed E-state index contributed by atoms with van der Waals surface area (Å²) in [5.74, 6) is -0.188. The van der Waals surface area contributed by atoms with Crippen LogP contribution < -0.4 is 5.32 Å². The summed E-state index contributed by atoms with van der Waals surface area (Å²) >= 11 is 0. The molecule has 0 saturated carbocycles. The normalized spacial score (nSPS) is 20.1. The van der Waals surface area contributed by atoms with E-state index in [4.69, 9.17) is 9.47 Å². The molecule has 0 bridgehead atoms. The Morgan fingerprint density at radius 2 is 0.909 bits per heavy atom. The van der Waals surface area contributed by atoms with E-state index in [9.17, 15) is 30.3 Å². The molecule has 1 saturated heterocycles. The zero-order valence-corrected chi connectivity index (χ0v) is 42.7. The van der Waals surface area contributed by atoms with Crippen LogP contribution in [0.15, 0.2) is 48.6 Å². The number of allylic oxidation sites excluding steroid dienone is 7. The largest absolute Gasteiger partial charge is 0.394 e. The molecule has 0 aliphatic carbocycles. The number of hydrogen-bond acceptors (Lipinski definition) is 8. The molecule has 1 aliphatic heterocycles. The first-order chi connectivity index (χ1) is 32.3. The van der Waals surface area contributed by atoms with Crippen LogP contribution >= 0.6 is 0 Å². The molecule has 7 atom stereocenters. The average molecular weight is 932 g/mol. The summed E-state index contributed by atoms with van der Waals surface area (Å²) in [7, 11) is 0. The monoisotopic (exact) mass is 932 g/mol.